The molecule has 0 unspecified atom stereocenters. The normalized spacial score (nSPS) is 11.7. The Hall–Kier alpha value is -5.08. The standard InChI is InChI=1S/C37H26N2/c1-25-11-9-12-26(23-25)27-13-10-16-29(24-27)39-35-20-8-6-18-31(35)33-22-21-32-30-17-5-7-19-34(30)38(36(32)37(33)39)28-14-3-2-4-15-28/h2-24H,1H3. The van der Waals surface area contributed by atoms with Crippen LogP contribution in [0.3, 0.4) is 0 Å². The molecular weight excluding hydrogens is 472 g/mol. The quantitative estimate of drug-likeness (QED) is 0.229. The first-order chi connectivity index (χ1) is 19.3. The minimum absolute atomic E-state index is 1.16. The Morgan fingerprint density at radius 3 is 1.54 bits per heavy atom. The fourth-order valence-electron chi connectivity index (χ4n) is 6.26. The lowest BCUT2D eigenvalue weighted by Crippen LogP contribution is -1.98. The van der Waals surface area contributed by atoms with Crippen LogP contribution in [0.5, 0.6) is 0 Å². The molecule has 0 aliphatic heterocycles. The predicted octanol–water partition coefficient (Wildman–Crippen LogP) is 9.86. The van der Waals surface area contributed by atoms with Crippen molar-refractivity contribution in [2.24, 2.45) is 0 Å². The first kappa shape index (κ1) is 22.0. The number of aryl methyl sites for hydroxylation is 1. The van der Waals surface area contributed by atoms with Gasteiger partial charge >= 0.3 is 0 Å². The van der Waals surface area contributed by atoms with Crippen LogP contribution in [0.15, 0.2) is 140 Å². The number of nitrogens with zero attached hydrogens (tertiary/aromatic N) is 2. The molecule has 2 heterocycles. The molecule has 0 spiro atoms. The van der Waals surface area contributed by atoms with Gasteiger partial charge in [-0.1, -0.05) is 109 Å². The van der Waals surface area contributed by atoms with Gasteiger partial charge in [0.05, 0.1) is 22.1 Å². The molecule has 0 atom stereocenters. The van der Waals surface area contributed by atoms with Crippen molar-refractivity contribution in [3.63, 3.8) is 0 Å². The van der Waals surface area contributed by atoms with Crippen molar-refractivity contribution in [1.82, 2.24) is 9.13 Å². The Kier molecular flexibility index (Phi) is 4.77. The minimum Gasteiger partial charge on any atom is -0.307 e. The van der Waals surface area contributed by atoms with E-state index in [1.807, 2.05) is 0 Å². The molecule has 8 rings (SSSR count). The van der Waals surface area contributed by atoms with Crippen molar-refractivity contribution in [1.29, 1.82) is 0 Å². The summed E-state index contributed by atoms with van der Waals surface area (Å²) in [6.07, 6.45) is 0. The molecule has 8 aromatic rings. The van der Waals surface area contributed by atoms with E-state index in [9.17, 15) is 0 Å². The summed E-state index contributed by atoms with van der Waals surface area (Å²) >= 11 is 0. The summed E-state index contributed by atoms with van der Waals surface area (Å²) in [5.74, 6) is 0. The van der Waals surface area contributed by atoms with Gasteiger partial charge in [0, 0.05) is 32.9 Å². The predicted molar refractivity (Wildman–Crippen MR) is 165 cm³/mol. The van der Waals surface area contributed by atoms with E-state index in [4.69, 9.17) is 0 Å². The Morgan fingerprint density at radius 1 is 0.385 bits per heavy atom. The highest BCUT2D eigenvalue weighted by molar-refractivity contribution is 6.23. The first-order valence-corrected chi connectivity index (χ1v) is 13.5. The maximum atomic E-state index is 2.46. The van der Waals surface area contributed by atoms with Crippen molar-refractivity contribution in [2.45, 2.75) is 6.92 Å². The molecule has 0 aliphatic carbocycles. The molecule has 39 heavy (non-hydrogen) atoms. The van der Waals surface area contributed by atoms with Crippen LogP contribution in [0.25, 0.3) is 66.1 Å². The topological polar surface area (TPSA) is 9.86 Å². The molecule has 0 saturated carbocycles. The molecule has 0 radical (unpaired) electrons. The summed E-state index contributed by atoms with van der Waals surface area (Å²) in [6.45, 7) is 2.15. The van der Waals surface area contributed by atoms with Gasteiger partial charge in [0.1, 0.15) is 0 Å². The summed E-state index contributed by atoms with van der Waals surface area (Å²) in [5, 5.41) is 5.06. The van der Waals surface area contributed by atoms with Gasteiger partial charge in [-0.3, -0.25) is 0 Å². The summed E-state index contributed by atoms with van der Waals surface area (Å²) in [6, 6.07) is 50.6. The van der Waals surface area contributed by atoms with Gasteiger partial charge in [-0.15, -0.1) is 0 Å². The Labute approximate surface area is 227 Å². The van der Waals surface area contributed by atoms with Crippen LogP contribution in [-0.4, -0.2) is 9.13 Å². The number of para-hydroxylation sites is 3. The minimum atomic E-state index is 1.16. The smallest absolute Gasteiger partial charge is 0.0788 e. The number of hydrogen-bond donors (Lipinski definition) is 0. The lowest BCUT2D eigenvalue weighted by molar-refractivity contribution is 1.15. The Balaban J connectivity index is 1.56. The van der Waals surface area contributed by atoms with Crippen LogP contribution in [0.4, 0.5) is 0 Å². The van der Waals surface area contributed by atoms with E-state index in [1.165, 1.54) is 66.0 Å². The Bertz CT molecular complexity index is 2180. The zero-order valence-electron chi connectivity index (χ0n) is 21.7. The highest BCUT2D eigenvalue weighted by Gasteiger charge is 2.21. The molecule has 0 fully saturated rings. The molecular formula is C37H26N2. The molecule has 2 nitrogen and oxygen atoms in total. The molecule has 0 N–H and O–H groups in total. The Morgan fingerprint density at radius 2 is 0.897 bits per heavy atom. The van der Waals surface area contributed by atoms with Crippen molar-refractivity contribution >= 4 is 43.6 Å². The molecule has 2 heteroatoms. The van der Waals surface area contributed by atoms with Gasteiger partial charge in [-0.25, -0.2) is 0 Å². The van der Waals surface area contributed by atoms with Gasteiger partial charge in [0.15, 0.2) is 0 Å². The highest BCUT2D eigenvalue weighted by atomic mass is 15.0. The van der Waals surface area contributed by atoms with Gasteiger partial charge in [-0.2, -0.15) is 0 Å². The fourth-order valence-corrected chi connectivity index (χ4v) is 6.26. The van der Waals surface area contributed by atoms with Crippen molar-refractivity contribution in [2.75, 3.05) is 0 Å². The molecule has 0 aliphatic rings. The maximum absolute atomic E-state index is 2.46. The number of rotatable bonds is 3. The van der Waals surface area contributed by atoms with Crippen molar-refractivity contribution < 1.29 is 0 Å². The second kappa shape index (κ2) is 8.47. The molecule has 2 aromatic heterocycles. The van der Waals surface area contributed by atoms with Crippen LogP contribution in [0.2, 0.25) is 0 Å². The lowest BCUT2D eigenvalue weighted by Gasteiger charge is -2.13. The maximum Gasteiger partial charge on any atom is 0.0788 e. The molecule has 0 bridgehead atoms. The van der Waals surface area contributed by atoms with Crippen LogP contribution in [0.1, 0.15) is 5.56 Å². The van der Waals surface area contributed by atoms with E-state index in [1.54, 1.807) is 0 Å². The number of benzene rings is 6. The van der Waals surface area contributed by atoms with Crippen molar-refractivity contribution in [3.8, 4) is 22.5 Å². The second-order valence-corrected chi connectivity index (χ2v) is 10.3. The molecule has 0 saturated heterocycles. The third kappa shape index (κ3) is 3.28. The van der Waals surface area contributed by atoms with Gasteiger partial charge in [0.25, 0.3) is 0 Å². The van der Waals surface area contributed by atoms with Gasteiger partial charge < -0.3 is 9.13 Å². The summed E-state index contributed by atoms with van der Waals surface area (Å²) in [7, 11) is 0. The van der Waals surface area contributed by atoms with E-state index < -0.39 is 0 Å². The number of fused-ring (bicyclic) bond motifs is 7. The SMILES string of the molecule is Cc1cccc(-c2cccc(-n3c4ccccc4c4ccc5c6ccccc6n(-c6ccccc6)c5c43)c2)c1. The number of aromatic nitrogens is 2. The third-order valence-corrected chi connectivity index (χ3v) is 7.94. The average Bonchev–Trinajstić information content (AvgIpc) is 3.51. The van der Waals surface area contributed by atoms with E-state index in [0.29, 0.717) is 0 Å². The van der Waals surface area contributed by atoms with E-state index in [0.717, 1.165) is 5.69 Å². The average molecular weight is 499 g/mol. The fraction of sp³-hybridized carbons (Fsp3) is 0.0270. The van der Waals surface area contributed by atoms with Crippen LogP contribution in [0, 0.1) is 6.92 Å². The number of hydrogen-bond acceptors (Lipinski definition) is 0. The lowest BCUT2D eigenvalue weighted by atomic mass is 10.0. The zero-order valence-corrected chi connectivity index (χ0v) is 21.7. The first-order valence-electron chi connectivity index (χ1n) is 13.5. The summed E-state index contributed by atoms with van der Waals surface area (Å²) in [4.78, 5) is 0. The molecule has 0 amide bonds. The van der Waals surface area contributed by atoms with Crippen LogP contribution in [-0.2, 0) is 0 Å². The van der Waals surface area contributed by atoms with E-state index in [-0.39, 0.29) is 0 Å². The van der Waals surface area contributed by atoms with Crippen LogP contribution >= 0.6 is 0 Å². The van der Waals surface area contributed by atoms with Gasteiger partial charge in [0.2, 0.25) is 0 Å². The highest BCUT2D eigenvalue weighted by Crippen LogP contribution is 2.41. The third-order valence-electron chi connectivity index (χ3n) is 7.94. The second-order valence-electron chi connectivity index (χ2n) is 10.3. The van der Waals surface area contributed by atoms with Crippen LogP contribution < -0.4 is 0 Å². The van der Waals surface area contributed by atoms with Gasteiger partial charge in [-0.05, 0) is 54.4 Å². The van der Waals surface area contributed by atoms with Crippen molar-refractivity contribution in [3.05, 3.63) is 145 Å². The van der Waals surface area contributed by atoms with E-state index in [2.05, 4.69) is 156 Å². The summed E-state index contributed by atoms with van der Waals surface area (Å²) in [5.41, 5.74) is 11.0. The monoisotopic (exact) mass is 498 g/mol. The summed E-state index contributed by atoms with van der Waals surface area (Å²) < 4.78 is 4.90. The zero-order chi connectivity index (χ0) is 25.9. The van der Waals surface area contributed by atoms with E-state index >= 15 is 0 Å². The molecule has 184 valence electrons. The molecule has 6 aromatic carbocycles. The largest absolute Gasteiger partial charge is 0.307 e.